The molecule has 5 atom stereocenters. The fourth-order valence-corrected chi connectivity index (χ4v) is 7.26. The first-order valence-electron chi connectivity index (χ1n) is 13.7. The van der Waals surface area contributed by atoms with Gasteiger partial charge in [-0.1, -0.05) is 55.2 Å². The predicted molar refractivity (Wildman–Crippen MR) is 159 cm³/mol. The number of nitriles is 1. The van der Waals surface area contributed by atoms with Crippen LogP contribution in [0, 0.1) is 28.9 Å². The number of carboxylic acids is 1. The number of amides is 1. The Morgan fingerprint density at radius 1 is 1.16 bits per heavy atom. The van der Waals surface area contributed by atoms with Crippen LogP contribution in [0.2, 0.25) is 10.0 Å². The largest absolute Gasteiger partial charge is 0.495 e. The molecule has 2 heterocycles. The summed E-state index contributed by atoms with van der Waals surface area (Å²) in [6.07, 6.45) is -0.341. The molecule has 0 aliphatic carbocycles. The van der Waals surface area contributed by atoms with Gasteiger partial charge >= 0.3 is 5.97 Å². The van der Waals surface area contributed by atoms with E-state index in [1.54, 1.807) is 6.92 Å². The van der Waals surface area contributed by atoms with Crippen molar-refractivity contribution in [1.29, 1.82) is 5.26 Å². The Balaban J connectivity index is 1.81. The van der Waals surface area contributed by atoms with E-state index in [1.807, 2.05) is 18.7 Å². The normalized spacial score (nSPS) is 25.2. The summed E-state index contributed by atoms with van der Waals surface area (Å²) in [7, 11) is 1.37. The number of benzene rings is 3. The van der Waals surface area contributed by atoms with E-state index >= 15 is 8.78 Å². The summed E-state index contributed by atoms with van der Waals surface area (Å²) in [5.41, 5.74) is -1.41. The first-order chi connectivity index (χ1) is 20.4. The molecule has 11 heteroatoms. The highest BCUT2D eigenvalue weighted by molar-refractivity contribution is 6.31. The van der Waals surface area contributed by atoms with E-state index in [1.165, 1.54) is 60.5 Å². The Morgan fingerprint density at radius 2 is 1.88 bits per heavy atom. The molecule has 0 saturated carbocycles. The Labute approximate surface area is 258 Å². The van der Waals surface area contributed by atoms with Gasteiger partial charge in [0.25, 0.3) is 0 Å². The third-order valence-electron chi connectivity index (χ3n) is 8.57. The van der Waals surface area contributed by atoms with Crippen molar-refractivity contribution in [3.8, 4) is 11.8 Å². The molecule has 1 amide bonds. The SMILES string of the molecule is COc1cc(C(=O)O)ccc1N1C(=O)C2C(c3cccc(Cl)c3F)C(C#N)(c3ccc(Cl)cc3F)C(CC(C)C)N2C1C. The van der Waals surface area contributed by atoms with Gasteiger partial charge in [-0.3, -0.25) is 14.6 Å². The van der Waals surface area contributed by atoms with Gasteiger partial charge in [-0.15, -0.1) is 0 Å². The minimum atomic E-state index is -1.72. The molecule has 7 nitrogen and oxygen atoms in total. The molecule has 5 rings (SSSR count). The number of aromatic carboxylic acids is 1. The highest BCUT2D eigenvalue weighted by Gasteiger charge is 2.69. The summed E-state index contributed by atoms with van der Waals surface area (Å²) >= 11 is 12.3. The number of nitrogens with zero attached hydrogens (tertiary/aromatic N) is 3. The third kappa shape index (κ3) is 4.73. The summed E-state index contributed by atoms with van der Waals surface area (Å²) in [5, 5.41) is 20.5. The summed E-state index contributed by atoms with van der Waals surface area (Å²) in [6.45, 7) is 5.68. The van der Waals surface area contributed by atoms with Gasteiger partial charge in [0.15, 0.2) is 0 Å². The lowest BCUT2D eigenvalue weighted by molar-refractivity contribution is -0.119. The highest BCUT2D eigenvalue weighted by atomic mass is 35.5. The molecule has 0 spiro atoms. The van der Waals surface area contributed by atoms with Crippen molar-refractivity contribution in [3.63, 3.8) is 0 Å². The minimum absolute atomic E-state index is 0.00238. The summed E-state index contributed by atoms with van der Waals surface area (Å²) in [6, 6.07) is 13.1. The second-order valence-electron chi connectivity index (χ2n) is 11.3. The van der Waals surface area contributed by atoms with Gasteiger partial charge in [0.05, 0.1) is 35.6 Å². The number of methoxy groups -OCH3 is 1. The summed E-state index contributed by atoms with van der Waals surface area (Å²) in [5.74, 6) is -4.20. The predicted octanol–water partition coefficient (Wildman–Crippen LogP) is 7.02. The molecular formula is C32H29Cl2F2N3O4. The average molecular weight is 629 g/mol. The average Bonchev–Trinajstić information content (AvgIpc) is 3.38. The molecular weight excluding hydrogens is 599 g/mol. The number of hydrogen-bond donors (Lipinski definition) is 1. The highest BCUT2D eigenvalue weighted by Crippen LogP contribution is 2.59. The van der Waals surface area contributed by atoms with Crippen LogP contribution in [0.3, 0.4) is 0 Å². The summed E-state index contributed by atoms with van der Waals surface area (Å²) in [4.78, 5) is 29.6. The maximum atomic E-state index is 16.0. The second-order valence-corrected chi connectivity index (χ2v) is 12.1. The van der Waals surface area contributed by atoms with E-state index in [0.717, 1.165) is 6.07 Å². The molecule has 2 aliphatic heterocycles. The van der Waals surface area contributed by atoms with Crippen LogP contribution in [0.1, 0.15) is 54.6 Å². The fraction of sp³-hybridized carbons (Fsp3) is 0.344. The van der Waals surface area contributed by atoms with Crippen molar-refractivity contribution in [1.82, 2.24) is 4.90 Å². The zero-order chi connectivity index (χ0) is 31.4. The van der Waals surface area contributed by atoms with Crippen LogP contribution in [0.25, 0.3) is 0 Å². The maximum Gasteiger partial charge on any atom is 0.335 e. The maximum absolute atomic E-state index is 16.0. The third-order valence-corrected chi connectivity index (χ3v) is 9.09. The van der Waals surface area contributed by atoms with Crippen molar-refractivity contribution < 1.29 is 28.2 Å². The number of carbonyl (C=O) groups excluding carboxylic acids is 1. The van der Waals surface area contributed by atoms with E-state index in [0.29, 0.717) is 12.1 Å². The van der Waals surface area contributed by atoms with Gasteiger partial charge in [-0.25, -0.2) is 13.6 Å². The summed E-state index contributed by atoms with van der Waals surface area (Å²) < 4.78 is 37.4. The van der Waals surface area contributed by atoms with Crippen LogP contribution in [0.5, 0.6) is 5.75 Å². The Hall–Kier alpha value is -3.71. The molecule has 0 aromatic heterocycles. The van der Waals surface area contributed by atoms with Gasteiger partial charge in [0.1, 0.15) is 28.8 Å². The molecule has 5 unspecified atom stereocenters. The Kier molecular flexibility index (Phi) is 8.16. The van der Waals surface area contributed by atoms with Crippen molar-refractivity contribution in [2.75, 3.05) is 12.0 Å². The standard InChI is InChI=1S/C32H29Cl2F2N3O4/c1-16(2)12-26-32(15-37,21-10-9-19(33)14-23(21)35)27(20-6-5-7-22(34)28(20)36)29-30(40)38(17(3)39(26)29)24-11-8-18(31(41)42)13-25(24)43-4/h5-11,13-14,16-17,26-27,29H,12H2,1-4H3,(H,41,42). The lowest BCUT2D eigenvalue weighted by atomic mass is 9.63. The van der Waals surface area contributed by atoms with Crippen LogP contribution >= 0.6 is 23.2 Å². The molecule has 2 fully saturated rings. The number of halogens is 4. The lowest BCUT2D eigenvalue weighted by Crippen LogP contribution is -2.50. The molecule has 0 radical (unpaired) electrons. The van der Waals surface area contributed by atoms with Crippen molar-refractivity contribution in [2.45, 2.75) is 56.8 Å². The van der Waals surface area contributed by atoms with Crippen LogP contribution in [0.4, 0.5) is 14.5 Å². The van der Waals surface area contributed by atoms with E-state index in [-0.39, 0.29) is 38.4 Å². The van der Waals surface area contributed by atoms with Crippen LogP contribution in [-0.2, 0) is 10.2 Å². The Morgan fingerprint density at radius 3 is 2.49 bits per heavy atom. The number of rotatable bonds is 7. The number of fused-ring (bicyclic) bond motifs is 1. The van der Waals surface area contributed by atoms with E-state index < -0.39 is 53.1 Å². The smallest absolute Gasteiger partial charge is 0.335 e. The minimum Gasteiger partial charge on any atom is -0.495 e. The van der Waals surface area contributed by atoms with Gasteiger partial charge in [-0.2, -0.15) is 5.26 Å². The number of carbonyl (C=O) groups is 2. The van der Waals surface area contributed by atoms with Crippen LogP contribution < -0.4 is 9.64 Å². The lowest BCUT2D eigenvalue weighted by Gasteiger charge is -2.40. The first-order valence-corrected chi connectivity index (χ1v) is 14.5. The molecule has 2 aliphatic rings. The molecule has 1 N–H and O–H groups in total. The Bertz CT molecular complexity index is 1660. The fourth-order valence-electron chi connectivity index (χ4n) is 6.92. The van der Waals surface area contributed by atoms with Gasteiger partial charge < -0.3 is 9.84 Å². The topological polar surface area (TPSA) is 93.9 Å². The molecule has 0 bridgehead atoms. The first kappa shape index (κ1) is 30.7. The molecule has 43 heavy (non-hydrogen) atoms. The number of ether oxygens (including phenoxy) is 1. The molecule has 3 aromatic rings. The van der Waals surface area contributed by atoms with Crippen molar-refractivity contribution in [2.24, 2.45) is 5.92 Å². The van der Waals surface area contributed by atoms with E-state index in [2.05, 4.69) is 6.07 Å². The molecule has 2 saturated heterocycles. The number of carboxylic acid groups (broad SMARTS) is 1. The number of hydrogen-bond acceptors (Lipinski definition) is 5. The van der Waals surface area contributed by atoms with E-state index in [9.17, 15) is 20.0 Å². The van der Waals surface area contributed by atoms with Gasteiger partial charge in [0, 0.05) is 22.5 Å². The van der Waals surface area contributed by atoms with Crippen LogP contribution in [0.15, 0.2) is 54.6 Å². The van der Waals surface area contributed by atoms with E-state index in [4.69, 9.17) is 27.9 Å². The van der Waals surface area contributed by atoms with Crippen LogP contribution in [-0.4, -0.2) is 47.2 Å². The molecule has 224 valence electrons. The second kappa shape index (κ2) is 11.4. The zero-order valence-electron chi connectivity index (χ0n) is 23.8. The monoisotopic (exact) mass is 627 g/mol. The van der Waals surface area contributed by atoms with Crippen molar-refractivity contribution in [3.05, 3.63) is 93.0 Å². The van der Waals surface area contributed by atoms with Crippen molar-refractivity contribution >= 4 is 40.8 Å². The quantitative estimate of drug-likeness (QED) is 0.303. The molecule has 3 aromatic carbocycles. The van der Waals surface area contributed by atoms with Gasteiger partial charge in [-0.05, 0) is 61.2 Å². The van der Waals surface area contributed by atoms with Gasteiger partial charge in [0.2, 0.25) is 5.91 Å². The number of anilines is 1. The zero-order valence-corrected chi connectivity index (χ0v) is 25.3.